The number of aryl methyl sites for hydroxylation is 1. The summed E-state index contributed by atoms with van der Waals surface area (Å²) in [7, 11) is -8.14. The van der Waals surface area contributed by atoms with E-state index in [-0.39, 0.29) is 209 Å². The van der Waals surface area contributed by atoms with Crippen molar-refractivity contribution in [3.05, 3.63) is 200 Å². The largest absolute Gasteiger partial charge is 0.507 e. The van der Waals surface area contributed by atoms with E-state index in [1.165, 1.54) is 104 Å². The summed E-state index contributed by atoms with van der Waals surface area (Å²) in [6.45, 7) is 2.06. The van der Waals surface area contributed by atoms with E-state index in [1.807, 2.05) is 0 Å². The number of aromatic hydroxyl groups is 8. The summed E-state index contributed by atoms with van der Waals surface area (Å²) in [5.41, 5.74) is -1.91. The van der Waals surface area contributed by atoms with Crippen molar-refractivity contribution in [3.63, 3.8) is 0 Å². The highest BCUT2D eigenvalue weighted by Crippen LogP contribution is 2.54. The molecule has 12 aromatic rings. The number of carbonyl (C=O) groups excluding carboxylic acids is 8. The molecule has 0 atom stereocenters. The SMILES string of the molecule is COc1ccc(S(=O)(=O)c2ccc(Oc3ccc(S(=O)(=O)c4ccc(C)c(-c5cc(OC=O)c(-c6cc(OC=O)c(-c7cc(OC=O)ccc7O)cc6O)cc5O)c4)cc3-c3cc(OC=O)c(-c4cc(OC=O)ccc4O)cc3O)cc2)cc1-c1cc(OC=O)c(-c2cc(OC=O)c(-c3cc(OC=O)ccc3O)cc2O)cc1O. The molecule has 0 amide bonds. The van der Waals surface area contributed by atoms with Crippen LogP contribution in [0, 0.1) is 6.92 Å². The molecule has 0 saturated heterocycles. The van der Waals surface area contributed by atoms with Crippen molar-refractivity contribution < 1.29 is 143 Å². The van der Waals surface area contributed by atoms with E-state index in [0.29, 0.717) is 5.56 Å². The van der Waals surface area contributed by atoms with E-state index in [1.54, 1.807) is 6.92 Å². The molecular weight excluding hydrogens is 1530 g/mol. The fourth-order valence-corrected chi connectivity index (χ4v) is 15.1. The highest BCUT2D eigenvalue weighted by molar-refractivity contribution is 7.91. The molecule has 0 aliphatic heterocycles. The molecule has 0 radical (unpaired) electrons. The minimum atomic E-state index is -4.79. The number of carbonyl (C=O) groups is 8. The normalized spacial score (nSPS) is 11.1. The second-order valence-electron chi connectivity index (χ2n) is 24.2. The van der Waals surface area contributed by atoms with E-state index < -0.39 is 80.4 Å². The molecule has 574 valence electrons. The van der Waals surface area contributed by atoms with Gasteiger partial charge in [-0.2, -0.15) is 0 Å². The molecule has 0 heterocycles. The standard InChI is InChI=1S/C82H54O30S2/c1-43-3-9-49(22-52(43)56-30-78(107-38-86)66(28-71(56)94)59-33-80(109-40-88)64(26-74(59)97)54-20-46(105-36-84)7-15-69(54)92)114(101,102)51-13-18-77(62(24-51)58-32-79(108-39-87)63(25-73(58)96)53-19-45(104-35-83)6-14-68(53)91)112-44-4-10-48(11-5-44)113(99,100)50-12-17-76(103-2)61(23-50)57-31-82(111-42-90)67(29-72(57)95)60-34-81(110-41-89)65(27-75(60)98)55-21-47(106-37-85)8-16-70(55)93/h3-42,91-98H,1-2H3. The first-order valence-electron chi connectivity index (χ1n) is 32.7. The van der Waals surface area contributed by atoms with Crippen molar-refractivity contribution in [2.24, 2.45) is 0 Å². The summed E-state index contributed by atoms with van der Waals surface area (Å²) in [4.78, 5) is 92.1. The van der Waals surface area contributed by atoms with Crippen LogP contribution in [-0.2, 0) is 58.0 Å². The van der Waals surface area contributed by atoms with Gasteiger partial charge in [-0.25, -0.2) is 16.8 Å². The summed E-state index contributed by atoms with van der Waals surface area (Å²) in [5.74, 6) is -6.42. The lowest BCUT2D eigenvalue weighted by molar-refractivity contribution is -0.121. The monoisotopic (exact) mass is 1580 g/mol. The average Bonchev–Trinajstić information content (AvgIpc) is 0.790. The van der Waals surface area contributed by atoms with E-state index in [0.717, 1.165) is 97.1 Å². The lowest BCUT2D eigenvalue weighted by Crippen LogP contribution is -2.04. The number of methoxy groups -OCH3 is 1. The average molecular weight is 1580 g/mol. The van der Waals surface area contributed by atoms with Gasteiger partial charge in [-0.3, -0.25) is 38.4 Å². The molecule has 0 aromatic heterocycles. The van der Waals surface area contributed by atoms with Crippen LogP contribution in [-0.4, -0.2) is 117 Å². The third-order valence-electron chi connectivity index (χ3n) is 17.8. The molecule has 8 N–H and O–H groups in total. The lowest BCUT2D eigenvalue weighted by atomic mass is 9.93. The predicted octanol–water partition coefficient (Wildman–Crippen LogP) is 12.7. The highest BCUT2D eigenvalue weighted by atomic mass is 32.2. The van der Waals surface area contributed by atoms with Crippen molar-refractivity contribution in [2.75, 3.05) is 7.11 Å². The molecule has 0 fully saturated rings. The Morgan fingerprint density at radius 3 is 0.789 bits per heavy atom. The number of sulfone groups is 2. The number of phenols is 8. The summed E-state index contributed by atoms with van der Waals surface area (Å²) in [5, 5.41) is 91.3. The number of phenolic OH excluding ortho intramolecular Hbond substituents is 8. The van der Waals surface area contributed by atoms with Gasteiger partial charge in [0.2, 0.25) is 19.7 Å². The number of rotatable bonds is 31. The van der Waals surface area contributed by atoms with Gasteiger partial charge < -0.3 is 88.2 Å². The lowest BCUT2D eigenvalue weighted by Gasteiger charge is -2.18. The Kier molecular flexibility index (Phi) is 22.3. The first kappa shape index (κ1) is 77.9. The number of benzene rings is 12. The van der Waals surface area contributed by atoms with Crippen molar-refractivity contribution in [1.29, 1.82) is 0 Å². The number of hydrogen-bond donors (Lipinski definition) is 8. The van der Waals surface area contributed by atoms with Crippen molar-refractivity contribution >= 4 is 71.5 Å². The van der Waals surface area contributed by atoms with Crippen LogP contribution in [0.2, 0.25) is 0 Å². The highest BCUT2D eigenvalue weighted by Gasteiger charge is 2.30. The zero-order valence-electron chi connectivity index (χ0n) is 58.5. The van der Waals surface area contributed by atoms with E-state index in [2.05, 4.69) is 0 Å². The Bertz CT molecular complexity index is 6170. The fraction of sp³-hybridized carbons (Fsp3) is 0.0244. The molecule has 0 saturated carbocycles. The van der Waals surface area contributed by atoms with E-state index in [4.69, 9.17) is 47.4 Å². The van der Waals surface area contributed by atoms with Crippen molar-refractivity contribution in [3.8, 4) is 198 Å². The van der Waals surface area contributed by atoms with Crippen LogP contribution in [0.1, 0.15) is 5.56 Å². The first-order valence-corrected chi connectivity index (χ1v) is 35.7. The van der Waals surface area contributed by atoms with Crippen LogP contribution in [0.15, 0.2) is 214 Å². The smallest absolute Gasteiger partial charge is 0.298 e. The maximum absolute atomic E-state index is 15.2. The summed E-state index contributed by atoms with van der Waals surface area (Å²) >= 11 is 0. The Morgan fingerprint density at radius 2 is 0.474 bits per heavy atom. The molecule has 0 bridgehead atoms. The van der Waals surface area contributed by atoms with Crippen LogP contribution in [0.3, 0.4) is 0 Å². The predicted molar refractivity (Wildman–Crippen MR) is 398 cm³/mol. The van der Waals surface area contributed by atoms with E-state index in [9.17, 15) is 87.6 Å². The van der Waals surface area contributed by atoms with Gasteiger partial charge in [0.05, 0.1) is 26.7 Å². The Morgan fingerprint density at radius 1 is 0.228 bits per heavy atom. The summed E-state index contributed by atoms with van der Waals surface area (Å²) in [6.07, 6.45) is 0. The summed E-state index contributed by atoms with van der Waals surface area (Å²) < 4.78 is 113. The molecular formula is C82H54O30S2. The number of hydrogen-bond acceptors (Lipinski definition) is 30. The topological polar surface area (TPSA) is 459 Å². The van der Waals surface area contributed by atoms with Crippen LogP contribution in [0.4, 0.5) is 0 Å². The maximum atomic E-state index is 15.2. The van der Waals surface area contributed by atoms with Gasteiger partial charge in [0, 0.05) is 83.5 Å². The minimum absolute atomic E-state index is 0.0114. The van der Waals surface area contributed by atoms with Crippen LogP contribution in [0.5, 0.6) is 109 Å². The van der Waals surface area contributed by atoms with Crippen LogP contribution in [0.25, 0.3) is 89.0 Å². The van der Waals surface area contributed by atoms with Gasteiger partial charge in [-0.15, -0.1) is 0 Å². The molecule has 12 aromatic carbocycles. The van der Waals surface area contributed by atoms with E-state index >= 15 is 8.42 Å². The molecule has 32 heteroatoms. The maximum Gasteiger partial charge on any atom is 0.298 e. The second kappa shape index (κ2) is 32.6. The van der Waals surface area contributed by atoms with Crippen LogP contribution >= 0.6 is 0 Å². The third kappa shape index (κ3) is 15.4. The number of ether oxygens (including phenoxy) is 10. The van der Waals surface area contributed by atoms with Gasteiger partial charge in [0.1, 0.15) is 109 Å². The molecule has 12 rings (SSSR count). The van der Waals surface area contributed by atoms with Crippen molar-refractivity contribution in [2.45, 2.75) is 26.5 Å². The minimum Gasteiger partial charge on any atom is -0.507 e. The molecule has 114 heavy (non-hydrogen) atoms. The Hall–Kier alpha value is -15.7. The Labute approximate surface area is 643 Å². The molecule has 0 aliphatic rings. The first-order chi connectivity index (χ1) is 54.8. The molecule has 0 aliphatic carbocycles. The third-order valence-corrected chi connectivity index (χ3v) is 21.3. The Balaban J connectivity index is 0.908. The fourth-order valence-electron chi connectivity index (χ4n) is 12.5. The molecule has 0 spiro atoms. The van der Waals surface area contributed by atoms with Gasteiger partial charge in [-0.05, 0) is 206 Å². The zero-order valence-corrected chi connectivity index (χ0v) is 60.1. The van der Waals surface area contributed by atoms with Gasteiger partial charge in [0.25, 0.3) is 51.8 Å². The molecule has 0 unspecified atom stereocenters. The second-order valence-corrected chi connectivity index (χ2v) is 28.1. The summed E-state index contributed by atoms with van der Waals surface area (Å²) in [6, 6.07) is 37.3. The van der Waals surface area contributed by atoms with Gasteiger partial charge in [-0.1, -0.05) is 6.07 Å². The van der Waals surface area contributed by atoms with Gasteiger partial charge >= 0.3 is 0 Å². The van der Waals surface area contributed by atoms with Crippen LogP contribution < -0.4 is 47.4 Å². The quantitative estimate of drug-likeness (QED) is 0.0187. The molecule has 30 nitrogen and oxygen atoms in total. The van der Waals surface area contributed by atoms with Crippen molar-refractivity contribution in [1.82, 2.24) is 0 Å². The zero-order chi connectivity index (χ0) is 81.4. The van der Waals surface area contributed by atoms with Gasteiger partial charge in [0.15, 0.2) is 0 Å².